The molecular formula is C20H30N2O4. The molecule has 2 rings (SSSR count). The Kier molecular flexibility index (Phi) is 8.41. The highest BCUT2D eigenvalue weighted by Gasteiger charge is 2.21. The van der Waals surface area contributed by atoms with Gasteiger partial charge in [0, 0.05) is 32.3 Å². The Morgan fingerprint density at radius 2 is 1.88 bits per heavy atom. The summed E-state index contributed by atoms with van der Waals surface area (Å²) < 4.78 is 4.92. The fourth-order valence-corrected chi connectivity index (χ4v) is 3.37. The van der Waals surface area contributed by atoms with Gasteiger partial charge in [-0.15, -0.1) is 0 Å². The SMILES string of the molecule is COCCNC(=O)c1ccc(CCCCC2CCN(C(=O)O)CC2)cc1. The van der Waals surface area contributed by atoms with Crippen LogP contribution >= 0.6 is 0 Å². The summed E-state index contributed by atoms with van der Waals surface area (Å²) in [7, 11) is 1.61. The number of ether oxygens (including phenoxy) is 1. The Balaban J connectivity index is 1.62. The summed E-state index contributed by atoms with van der Waals surface area (Å²) in [6.07, 6.45) is 5.65. The smallest absolute Gasteiger partial charge is 0.407 e. The van der Waals surface area contributed by atoms with Crippen molar-refractivity contribution in [3.05, 3.63) is 35.4 Å². The van der Waals surface area contributed by atoms with Crippen molar-refractivity contribution >= 4 is 12.0 Å². The van der Waals surface area contributed by atoms with Crippen LogP contribution in [0, 0.1) is 5.92 Å². The van der Waals surface area contributed by atoms with Crippen molar-refractivity contribution in [3.8, 4) is 0 Å². The van der Waals surface area contributed by atoms with Gasteiger partial charge in [-0.2, -0.15) is 0 Å². The van der Waals surface area contributed by atoms with E-state index >= 15 is 0 Å². The van der Waals surface area contributed by atoms with Gasteiger partial charge in [-0.3, -0.25) is 4.79 Å². The van der Waals surface area contributed by atoms with Gasteiger partial charge >= 0.3 is 6.09 Å². The molecule has 0 bridgehead atoms. The monoisotopic (exact) mass is 362 g/mol. The number of hydrogen-bond donors (Lipinski definition) is 2. The summed E-state index contributed by atoms with van der Waals surface area (Å²) >= 11 is 0. The average Bonchev–Trinajstić information content (AvgIpc) is 2.66. The highest BCUT2D eigenvalue weighted by molar-refractivity contribution is 5.94. The molecule has 0 aromatic heterocycles. The summed E-state index contributed by atoms with van der Waals surface area (Å²) in [5.74, 6) is 0.588. The normalized spacial score (nSPS) is 15.0. The van der Waals surface area contributed by atoms with Crippen LogP contribution in [0.3, 0.4) is 0 Å². The van der Waals surface area contributed by atoms with Gasteiger partial charge in [0.15, 0.2) is 0 Å². The lowest BCUT2D eigenvalue weighted by atomic mass is 9.91. The molecular weight excluding hydrogens is 332 g/mol. The molecule has 0 atom stereocenters. The van der Waals surface area contributed by atoms with E-state index in [0.717, 1.165) is 32.1 Å². The third-order valence-corrected chi connectivity index (χ3v) is 5.02. The lowest BCUT2D eigenvalue weighted by molar-refractivity contribution is 0.0937. The summed E-state index contributed by atoms with van der Waals surface area (Å²) in [5, 5.41) is 11.8. The number of piperidine rings is 1. The molecule has 1 fully saturated rings. The van der Waals surface area contributed by atoms with Crippen molar-refractivity contribution in [2.75, 3.05) is 33.4 Å². The van der Waals surface area contributed by atoms with Crippen LogP contribution in [0.1, 0.15) is 48.0 Å². The maximum Gasteiger partial charge on any atom is 0.407 e. The number of likely N-dealkylation sites (tertiary alicyclic amines) is 1. The van der Waals surface area contributed by atoms with Gasteiger partial charge in [-0.25, -0.2) is 4.79 Å². The van der Waals surface area contributed by atoms with Crippen LogP contribution in [-0.2, 0) is 11.2 Å². The molecule has 1 saturated heterocycles. The summed E-state index contributed by atoms with van der Waals surface area (Å²) in [6.45, 7) is 2.38. The first-order valence-electron chi connectivity index (χ1n) is 9.44. The van der Waals surface area contributed by atoms with Crippen LogP contribution in [0.5, 0.6) is 0 Å². The highest BCUT2D eigenvalue weighted by Crippen LogP contribution is 2.23. The number of amides is 2. The molecule has 0 spiro atoms. The van der Waals surface area contributed by atoms with Gasteiger partial charge in [0.2, 0.25) is 0 Å². The van der Waals surface area contributed by atoms with Crippen molar-refractivity contribution in [2.45, 2.75) is 38.5 Å². The quantitative estimate of drug-likeness (QED) is 0.662. The zero-order valence-electron chi connectivity index (χ0n) is 15.6. The molecule has 1 aliphatic heterocycles. The number of carbonyl (C=O) groups is 2. The van der Waals surface area contributed by atoms with E-state index in [4.69, 9.17) is 9.84 Å². The molecule has 1 aromatic carbocycles. The Morgan fingerprint density at radius 3 is 2.50 bits per heavy atom. The first-order valence-corrected chi connectivity index (χ1v) is 9.44. The Labute approximate surface area is 155 Å². The Hall–Kier alpha value is -2.08. The molecule has 1 heterocycles. The molecule has 0 aliphatic carbocycles. The number of unbranched alkanes of at least 4 members (excludes halogenated alkanes) is 1. The van der Waals surface area contributed by atoms with E-state index in [9.17, 15) is 9.59 Å². The molecule has 1 aliphatic rings. The van der Waals surface area contributed by atoms with Crippen molar-refractivity contribution in [3.63, 3.8) is 0 Å². The molecule has 0 radical (unpaired) electrons. The minimum Gasteiger partial charge on any atom is -0.465 e. The number of nitrogens with one attached hydrogen (secondary N) is 1. The van der Waals surface area contributed by atoms with Crippen LogP contribution in [0.4, 0.5) is 4.79 Å². The van der Waals surface area contributed by atoms with Crippen molar-refractivity contribution in [1.82, 2.24) is 10.2 Å². The summed E-state index contributed by atoms with van der Waals surface area (Å²) in [6, 6.07) is 7.80. The third-order valence-electron chi connectivity index (χ3n) is 5.02. The van der Waals surface area contributed by atoms with E-state index in [1.54, 1.807) is 7.11 Å². The van der Waals surface area contributed by atoms with Gasteiger partial charge in [0.25, 0.3) is 5.91 Å². The minimum absolute atomic E-state index is 0.0682. The number of rotatable bonds is 9. The van der Waals surface area contributed by atoms with Gasteiger partial charge in [0.05, 0.1) is 6.61 Å². The minimum atomic E-state index is -0.792. The average molecular weight is 362 g/mol. The standard InChI is InChI=1S/C20H30N2O4/c1-26-15-12-21-19(23)18-8-6-16(7-9-18)4-2-3-5-17-10-13-22(14-11-17)20(24)25/h6-9,17H,2-5,10-15H2,1H3,(H,21,23)(H,24,25). The molecule has 26 heavy (non-hydrogen) atoms. The number of nitrogens with zero attached hydrogens (tertiary/aromatic N) is 1. The van der Waals surface area contributed by atoms with Gasteiger partial charge < -0.3 is 20.1 Å². The van der Waals surface area contributed by atoms with E-state index in [0.29, 0.717) is 37.7 Å². The lowest BCUT2D eigenvalue weighted by Crippen LogP contribution is -2.37. The van der Waals surface area contributed by atoms with Crippen LogP contribution < -0.4 is 5.32 Å². The van der Waals surface area contributed by atoms with Gasteiger partial charge in [0.1, 0.15) is 0 Å². The Bertz CT molecular complexity index is 566. The summed E-state index contributed by atoms with van der Waals surface area (Å²) in [5.41, 5.74) is 1.93. The predicted octanol–water partition coefficient (Wildman–Crippen LogP) is 3.17. The predicted molar refractivity (Wildman–Crippen MR) is 101 cm³/mol. The molecule has 144 valence electrons. The number of methoxy groups -OCH3 is 1. The van der Waals surface area contributed by atoms with E-state index < -0.39 is 6.09 Å². The highest BCUT2D eigenvalue weighted by atomic mass is 16.5. The van der Waals surface area contributed by atoms with Gasteiger partial charge in [-0.05, 0) is 49.3 Å². The fraction of sp³-hybridized carbons (Fsp3) is 0.600. The first kappa shape index (κ1) is 20.2. The number of carboxylic acid groups (broad SMARTS) is 1. The van der Waals surface area contributed by atoms with Crippen LogP contribution in [0.25, 0.3) is 0 Å². The largest absolute Gasteiger partial charge is 0.465 e. The second kappa shape index (κ2) is 10.8. The zero-order chi connectivity index (χ0) is 18.8. The molecule has 6 heteroatoms. The van der Waals surface area contributed by atoms with Crippen LogP contribution in [0.15, 0.2) is 24.3 Å². The molecule has 6 nitrogen and oxygen atoms in total. The van der Waals surface area contributed by atoms with E-state index in [1.807, 2.05) is 24.3 Å². The van der Waals surface area contributed by atoms with Crippen molar-refractivity contribution in [1.29, 1.82) is 0 Å². The van der Waals surface area contributed by atoms with E-state index in [1.165, 1.54) is 16.9 Å². The van der Waals surface area contributed by atoms with Crippen LogP contribution in [-0.4, -0.2) is 55.4 Å². The van der Waals surface area contributed by atoms with E-state index in [2.05, 4.69) is 5.32 Å². The lowest BCUT2D eigenvalue weighted by Gasteiger charge is -2.29. The second-order valence-electron chi connectivity index (χ2n) is 6.90. The van der Waals surface area contributed by atoms with Crippen LogP contribution in [0.2, 0.25) is 0 Å². The van der Waals surface area contributed by atoms with Crippen molar-refractivity contribution in [2.24, 2.45) is 5.92 Å². The third kappa shape index (κ3) is 6.67. The topological polar surface area (TPSA) is 78.9 Å². The molecule has 1 aromatic rings. The Morgan fingerprint density at radius 1 is 1.19 bits per heavy atom. The summed E-state index contributed by atoms with van der Waals surface area (Å²) in [4.78, 5) is 24.3. The molecule has 2 N–H and O–H groups in total. The molecule has 0 unspecified atom stereocenters. The fourth-order valence-electron chi connectivity index (χ4n) is 3.37. The maximum absolute atomic E-state index is 11.9. The number of hydrogen-bond acceptors (Lipinski definition) is 3. The molecule has 0 saturated carbocycles. The number of carbonyl (C=O) groups excluding carboxylic acids is 1. The number of benzene rings is 1. The zero-order valence-corrected chi connectivity index (χ0v) is 15.6. The van der Waals surface area contributed by atoms with Gasteiger partial charge in [-0.1, -0.05) is 25.0 Å². The first-order chi connectivity index (χ1) is 12.6. The molecule has 2 amide bonds. The van der Waals surface area contributed by atoms with E-state index in [-0.39, 0.29) is 5.91 Å². The maximum atomic E-state index is 11.9. The number of aryl methyl sites for hydroxylation is 1. The van der Waals surface area contributed by atoms with Crippen molar-refractivity contribution < 1.29 is 19.4 Å². The second-order valence-corrected chi connectivity index (χ2v) is 6.90.